The van der Waals surface area contributed by atoms with Gasteiger partial charge >= 0.3 is 90.4 Å². The van der Waals surface area contributed by atoms with Crippen molar-refractivity contribution in [1.82, 2.24) is 131 Å². The Morgan fingerprint density at radius 3 is 0.872 bits per heavy atom. The first-order valence-electron chi connectivity index (χ1n) is 39.3. The van der Waals surface area contributed by atoms with Crippen LogP contribution >= 0.6 is 0 Å². The van der Waals surface area contributed by atoms with E-state index in [1.54, 1.807) is 74.0 Å². The number of alkyl halides is 3. The van der Waals surface area contributed by atoms with Crippen LogP contribution in [0, 0.1) is 45.4 Å². The summed E-state index contributed by atoms with van der Waals surface area (Å²) in [5, 5.41) is 68.8. The Bertz CT molecular complexity index is 5860. The van der Waals surface area contributed by atoms with E-state index in [-0.39, 0.29) is 112 Å². The van der Waals surface area contributed by atoms with Crippen LogP contribution in [0.2, 0.25) is 0 Å². The van der Waals surface area contributed by atoms with Gasteiger partial charge < -0.3 is 81.6 Å². The van der Waals surface area contributed by atoms with Crippen LogP contribution in [0.4, 0.5) is 13.2 Å². The van der Waals surface area contributed by atoms with E-state index in [1.165, 1.54) is 75.9 Å². The molecule has 2 fully saturated rings. The van der Waals surface area contributed by atoms with Crippen molar-refractivity contribution in [2.24, 2.45) is 10.8 Å². The molecule has 4 aliphatic carbocycles. The second-order valence-electron chi connectivity index (χ2n) is 31.3. The molecule has 4 unspecified atom stereocenters. The van der Waals surface area contributed by atoms with Gasteiger partial charge in [-0.05, 0) is 172 Å². The van der Waals surface area contributed by atoms with Crippen LogP contribution in [0.5, 0.6) is 0 Å². The number of pyridine rings is 6. The maximum absolute atomic E-state index is 12.2. The van der Waals surface area contributed by atoms with Crippen molar-refractivity contribution in [3.8, 4) is 91.1 Å². The smallest absolute Gasteiger partial charge is 0.574 e. The van der Waals surface area contributed by atoms with Gasteiger partial charge in [-0.15, -0.1) is 0 Å². The third-order valence-electron chi connectivity index (χ3n) is 23.0. The van der Waals surface area contributed by atoms with Gasteiger partial charge in [0.2, 0.25) is 0 Å². The van der Waals surface area contributed by atoms with Gasteiger partial charge in [-0.25, -0.2) is 0 Å². The minimum absolute atomic E-state index is 0. The molecule has 16 heterocycles. The van der Waals surface area contributed by atoms with Crippen LogP contribution in [0.25, 0.3) is 113 Å². The molecule has 16 aromatic heterocycles. The Hall–Kier alpha value is -11.8. The average molecular weight is 2390 g/mol. The first kappa shape index (κ1) is 93.9. The molecule has 0 saturated heterocycles. The van der Waals surface area contributed by atoms with Crippen LogP contribution < -0.4 is 40.8 Å². The Morgan fingerprint density at radius 2 is 0.592 bits per heavy atom. The number of aromatic nitrogens is 26. The third kappa shape index (κ3) is 20.8. The quantitative estimate of drug-likeness (QED) is 0.136. The van der Waals surface area contributed by atoms with Gasteiger partial charge in [0.05, 0.1) is 35.2 Å². The van der Waals surface area contributed by atoms with Gasteiger partial charge in [-0.1, -0.05) is 190 Å². The molecule has 4 aliphatic rings. The summed E-state index contributed by atoms with van der Waals surface area (Å²) in [6.45, 7) is 23.8. The summed E-state index contributed by atoms with van der Waals surface area (Å²) in [7, 11) is 0. The van der Waals surface area contributed by atoms with Crippen molar-refractivity contribution >= 4 is 21.5 Å². The van der Waals surface area contributed by atoms with Crippen LogP contribution in [0.15, 0.2) is 244 Å². The minimum atomic E-state index is -4.46. The molecule has 18 aromatic rings. The molecule has 0 aliphatic heterocycles. The third-order valence-corrected chi connectivity index (χ3v) is 23.0. The van der Waals surface area contributed by atoms with E-state index in [2.05, 4.69) is 221 Å². The molecule has 0 radical (unpaired) electrons. The SMILES string of the molecule is CC12CCC(c3c1n[n-]c3-c1cc3ccccc3cn1)C2(C)C.CC12CCC(c3c1n[n-]c3-c1cc3ccccc3cn1)C2(C)C.Cc1cc(-c2ccccn2)[n-]n1.Cc1cc(-c2ccccn2)[n-]n1.Cc1cc(-c2ccccn2)[n-]n1.Cc1cc(-c2cnccn2)[n-]n1.Cc1cc(-c2cnccn2)[n-]n1.FC(F)(F)c1cc(-c2ccccn2)[n-]n1.[Pt+2].[Pt+2].[Pt+2].[Pt+2]. The summed E-state index contributed by atoms with van der Waals surface area (Å²) >= 11 is 0. The molecule has 0 spiro atoms. The van der Waals surface area contributed by atoms with E-state index in [9.17, 15) is 13.2 Å². The maximum atomic E-state index is 12.2. The van der Waals surface area contributed by atoms with Crippen molar-refractivity contribution in [2.75, 3.05) is 0 Å². The average Bonchev–Trinajstić information content (AvgIpc) is 1.53. The molecule has 642 valence electrons. The van der Waals surface area contributed by atoms with Crippen molar-refractivity contribution in [2.45, 2.75) is 131 Å². The molecule has 26 nitrogen and oxygen atoms in total. The fourth-order valence-corrected chi connectivity index (χ4v) is 15.8. The van der Waals surface area contributed by atoms with Crippen LogP contribution in [-0.4, -0.2) is 90.6 Å². The van der Waals surface area contributed by atoms with Gasteiger partial charge in [0.25, 0.3) is 0 Å². The number of halogens is 3. The largest absolute Gasteiger partial charge is 2.00 e. The molecule has 4 bridgehead atoms. The zero-order chi connectivity index (χ0) is 84.5. The second kappa shape index (κ2) is 40.9. The number of nitrogens with zero attached hydrogens (tertiary/aromatic N) is 26. The molecule has 2 aromatic carbocycles. The van der Waals surface area contributed by atoms with Gasteiger partial charge in [0, 0.05) is 146 Å². The van der Waals surface area contributed by atoms with Crippen molar-refractivity contribution < 1.29 is 97.4 Å². The molecular weight excluding hydrogens is 2310 g/mol. The van der Waals surface area contributed by atoms with E-state index in [1.807, 2.05) is 144 Å². The first-order valence-corrected chi connectivity index (χ1v) is 39.3. The van der Waals surface area contributed by atoms with E-state index < -0.39 is 11.9 Å². The van der Waals surface area contributed by atoms with E-state index in [4.69, 9.17) is 0 Å². The minimum Gasteiger partial charge on any atom is -0.574 e. The van der Waals surface area contributed by atoms with Gasteiger partial charge in [0.1, 0.15) is 5.69 Å². The fraction of sp³-hybridized carbons (Fsp3) is 0.239. The van der Waals surface area contributed by atoms with Crippen LogP contribution in [0.3, 0.4) is 0 Å². The van der Waals surface area contributed by atoms with Crippen LogP contribution in [-0.2, 0) is 101 Å². The normalized spacial score (nSPS) is 16.4. The molecular formula is C92H83F3N26Pt4. The number of benzene rings is 2. The van der Waals surface area contributed by atoms with Crippen molar-refractivity contribution in [1.29, 1.82) is 0 Å². The number of rotatable bonds is 8. The molecule has 0 amide bonds. The van der Waals surface area contributed by atoms with Gasteiger partial charge in [0.15, 0.2) is 0 Å². The zero-order valence-electron chi connectivity index (χ0n) is 69.6. The Morgan fingerprint density at radius 1 is 0.296 bits per heavy atom. The molecule has 22 rings (SSSR count). The van der Waals surface area contributed by atoms with E-state index >= 15 is 0 Å². The van der Waals surface area contributed by atoms with E-state index in [0.29, 0.717) is 17.5 Å². The molecule has 2 saturated carbocycles. The summed E-state index contributed by atoms with van der Waals surface area (Å²) in [4.78, 5) is 41.8. The predicted octanol–water partition coefficient (Wildman–Crippen LogP) is 16.8. The van der Waals surface area contributed by atoms with Crippen molar-refractivity contribution in [3.63, 3.8) is 0 Å². The molecule has 0 N–H and O–H groups in total. The molecule has 4 atom stereocenters. The summed E-state index contributed by atoms with van der Waals surface area (Å²) in [6, 6.07) is 53.5. The van der Waals surface area contributed by atoms with Gasteiger partial charge in [-0.2, -0.15) is 13.2 Å². The summed E-state index contributed by atoms with van der Waals surface area (Å²) < 4.78 is 36.6. The standard InChI is InChI=1S/2C20H20N3.C9H5F3N3.3C9H8N3.2C8H7N4.4Pt/c2*1-19(2)14-8-9-20(19,3)18-16(14)17(22-23-18)15-10-12-6-4-5-7-13(12)11-21-15;10-9(11,12)8-5-7(14-15-8)6-3-1-2-4-13-6;3*1-7-6-9(12-11-7)8-4-2-3-5-10-8;2*1-6-4-7(12-11-6)8-5-9-2-3-10-8;;;;/h2*4-7,10-11,14H,8-9H2,1-3H3;1-5H;3*2-6H,1H3;2*2-5H,1H3;;;;/q8*-1;4*+2. The number of aryl methyl sites for hydroxylation is 5. The predicted molar refractivity (Wildman–Crippen MR) is 452 cm³/mol. The van der Waals surface area contributed by atoms with Crippen LogP contribution in [0.1, 0.15) is 136 Å². The number of fused-ring (bicyclic) bond motifs is 12. The van der Waals surface area contributed by atoms with Crippen molar-refractivity contribution in [3.05, 3.63) is 301 Å². The topological polar surface area (TPSA) is 345 Å². The zero-order valence-corrected chi connectivity index (χ0v) is 78.7. The summed E-state index contributed by atoms with van der Waals surface area (Å²) in [5.41, 5.74) is 22.3. The molecule has 33 heteroatoms. The molecule has 125 heavy (non-hydrogen) atoms. The Labute approximate surface area is 777 Å². The van der Waals surface area contributed by atoms with E-state index in [0.717, 1.165) is 114 Å². The second-order valence-corrected chi connectivity index (χ2v) is 31.3. The Kier molecular flexibility index (Phi) is 30.7. The Balaban J connectivity index is 0.000000141. The summed E-state index contributed by atoms with van der Waals surface area (Å²) in [5.74, 6) is 1.11. The van der Waals surface area contributed by atoms with Gasteiger partial charge in [-0.3, -0.25) is 49.8 Å². The number of hydrogen-bond acceptors (Lipinski definition) is 18. The number of hydrogen-bond donors (Lipinski definition) is 0. The first-order chi connectivity index (χ1) is 58.4. The fourth-order valence-electron chi connectivity index (χ4n) is 15.8. The maximum Gasteiger partial charge on any atom is 2.00 e. The summed E-state index contributed by atoms with van der Waals surface area (Å²) in [6.07, 6.45) is 21.0. The monoisotopic (exact) mass is 2390 g/mol.